The first-order valence-corrected chi connectivity index (χ1v) is 8.54. The molecule has 0 fully saturated rings. The molecule has 3 aromatic rings. The number of hydrazone groups is 1. The van der Waals surface area contributed by atoms with Gasteiger partial charge in [0, 0.05) is 11.5 Å². The van der Waals surface area contributed by atoms with Crippen molar-refractivity contribution in [3.8, 4) is 0 Å². The van der Waals surface area contributed by atoms with Crippen LogP contribution in [-0.4, -0.2) is 28.0 Å². The SMILES string of the molecule is Cc1ccsc1/C=N\N1C(=O)c2cccc3c([N+](=O)[O-])ccc(c23)C1=O. The summed E-state index contributed by atoms with van der Waals surface area (Å²) < 4.78 is 0. The summed E-state index contributed by atoms with van der Waals surface area (Å²) in [5, 5.41) is 18.6. The van der Waals surface area contributed by atoms with Crippen LogP contribution < -0.4 is 0 Å². The lowest BCUT2D eigenvalue weighted by atomic mass is 9.94. The highest BCUT2D eigenvalue weighted by Gasteiger charge is 2.34. The molecule has 0 spiro atoms. The third-order valence-corrected chi connectivity index (χ3v) is 5.21. The van der Waals surface area contributed by atoms with Gasteiger partial charge < -0.3 is 0 Å². The van der Waals surface area contributed by atoms with E-state index in [2.05, 4.69) is 5.10 Å². The summed E-state index contributed by atoms with van der Waals surface area (Å²) in [6.45, 7) is 1.91. The van der Waals surface area contributed by atoms with Crippen LogP contribution in [0.4, 0.5) is 5.69 Å². The topological polar surface area (TPSA) is 92.9 Å². The smallest absolute Gasteiger partial charge is 0.267 e. The number of aryl methyl sites for hydroxylation is 1. The lowest BCUT2D eigenvalue weighted by Crippen LogP contribution is -2.36. The van der Waals surface area contributed by atoms with E-state index >= 15 is 0 Å². The van der Waals surface area contributed by atoms with Crippen LogP contribution in [0.15, 0.2) is 46.9 Å². The molecule has 2 heterocycles. The minimum Gasteiger partial charge on any atom is -0.267 e. The molecule has 0 N–H and O–H groups in total. The van der Waals surface area contributed by atoms with Crippen molar-refractivity contribution in [1.82, 2.24) is 5.01 Å². The van der Waals surface area contributed by atoms with Crippen molar-refractivity contribution in [2.45, 2.75) is 6.92 Å². The normalized spacial score (nSPS) is 13.8. The molecule has 0 bridgehead atoms. The quantitative estimate of drug-likeness (QED) is 0.306. The van der Waals surface area contributed by atoms with Crippen molar-refractivity contribution in [3.63, 3.8) is 0 Å². The van der Waals surface area contributed by atoms with E-state index in [9.17, 15) is 19.7 Å². The van der Waals surface area contributed by atoms with Gasteiger partial charge >= 0.3 is 0 Å². The van der Waals surface area contributed by atoms with Gasteiger partial charge in [0.15, 0.2) is 0 Å². The van der Waals surface area contributed by atoms with Crippen LogP contribution in [0.2, 0.25) is 0 Å². The summed E-state index contributed by atoms with van der Waals surface area (Å²) in [5.41, 5.74) is 1.30. The number of carbonyl (C=O) groups is 2. The number of imide groups is 1. The maximum absolute atomic E-state index is 12.8. The zero-order chi connectivity index (χ0) is 18.4. The molecule has 0 unspecified atom stereocenters. The molecule has 0 saturated carbocycles. The minimum absolute atomic E-state index is 0.141. The molecule has 8 heteroatoms. The molecule has 2 aromatic carbocycles. The van der Waals surface area contributed by atoms with Gasteiger partial charge in [-0.25, -0.2) is 0 Å². The van der Waals surface area contributed by atoms with Gasteiger partial charge in [-0.1, -0.05) is 6.07 Å². The van der Waals surface area contributed by atoms with Gasteiger partial charge in [-0.05, 0) is 42.1 Å². The fourth-order valence-electron chi connectivity index (χ4n) is 2.96. The number of benzene rings is 2. The molecule has 26 heavy (non-hydrogen) atoms. The molecule has 0 saturated heterocycles. The average Bonchev–Trinajstić information content (AvgIpc) is 3.04. The Kier molecular flexibility index (Phi) is 3.62. The predicted molar refractivity (Wildman–Crippen MR) is 97.8 cm³/mol. The summed E-state index contributed by atoms with van der Waals surface area (Å²) in [5.74, 6) is -1.20. The van der Waals surface area contributed by atoms with Crippen LogP contribution in [0.25, 0.3) is 10.8 Å². The first-order valence-electron chi connectivity index (χ1n) is 7.66. The third-order valence-electron chi connectivity index (χ3n) is 4.25. The van der Waals surface area contributed by atoms with Gasteiger partial charge in [-0.3, -0.25) is 19.7 Å². The molecule has 1 aromatic heterocycles. The minimum atomic E-state index is -0.598. The summed E-state index contributed by atoms with van der Waals surface area (Å²) >= 11 is 1.45. The average molecular weight is 365 g/mol. The van der Waals surface area contributed by atoms with E-state index in [1.165, 1.54) is 35.8 Å². The number of carbonyl (C=O) groups excluding carboxylic acids is 2. The number of rotatable bonds is 3. The van der Waals surface area contributed by atoms with Crippen molar-refractivity contribution >= 4 is 45.8 Å². The number of nitrogens with zero attached hydrogens (tertiary/aromatic N) is 3. The highest BCUT2D eigenvalue weighted by atomic mass is 32.1. The second-order valence-electron chi connectivity index (χ2n) is 5.75. The summed E-state index contributed by atoms with van der Waals surface area (Å²) in [7, 11) is 0. The lowest BCUT2D eigenvalue weighted by molar-refractivity contribution is -0.383. The largest absolute Gasteiger partial charge is 0.282 e. The Labute approximate surface area is 151 Å². The molecule has 1 aliphatic rings. The van der Waals surface area contributed by atoms with Gasteiger partial charge in [0.05, 0.1) is 32.5 Å². The maximum atomic E-state index is 12.8. The fourth-order valence-corrected chi connectivity index (χ4v) is 3.74. The van der Waals surface area contributed by atoms with Crippen LogP contribution in [0.1, 0.15) is 31.2 Å². The van der Waals surface area contributed by atoms with Crippen LogP contribution in [0.3, 0.4) is 0 Å². The second-order valence-corrected chi connectivity index (χ2v) is 6.70. The first kappa shape index (κ1) is 16.1. The summed E-state index contributed by atoms with van der Waals surface area (Å²) in [6, 6.07) is 9.21. The van der Waals surface area contributed by atoms with Crippen molar-refractivity contribution in [3.05, 3.63) is 73.5 Å². The molecule has 0 radical (unpaired) electrons. The molecule has 0 atom stereocenters. The Bertz CT molecular complexity index is 1110. The number of nitro benzene ring substituents is 1. The van der Waals surface area contributed by atoms with Gasteiger partial charge in [0.1, 0.15) is 0 Å². The van der Waals surface area contributed by atoms with E-state index in [0.29, 0.717) is 5.39 Å². The maximum Gasteiger partial charge on any atom is 0.282 e. The van der Waals surface area contributed by atoms with Crippen molar-refractivity contribution in [2.24, 2.45) is 5.10 Å². The number of hydrogen-bond donors (Lipinski definition) is 0. The Morgan fingerprint density at radius 2 is 1.85 bits per heavy atom. The van der Waals surface area contributed by atoms with E-state index in [4.69, 9.17) is 0 Å². The lowest BCUT2D eigenvalue weighted by Gasteiger charge is -2.22. The molecular weight excluding hydrogens is 354 g/mol. The first-order chi connectivity index (χ1) is 12.5. The van der Waals surface area contributed by atoms with E-state index < -0.39 is 16.7 Å². The zero-order valence-corrected chi connectivity index (χ0v) is 14.3. The van der Waals surface area contributed by atoms with E-state index in [1.807, 2.05) is 18.4 Å². The predicted octanol–water partition coefficient (Wildman–Crippen LogP) is 3.75. The standard InChI is InChI=1S/C18H11N3O4S/c1-10-7-8-26-15(10)9-19-20-17(22)12-4-2-3-11-14(21(24)25)6-5-13(16(11)12)18(20)23/h2-9H,1H3/b19-9-. The molecule has 0 aliphatic carbocycles. The van der Waals surface area contributed by atoms with Gasteiger partial charge in [0.25, 0.3) is 17.5 Å². The molecule has 1 aliphatic heterocycles. The third kappa shape index (κ3) is 2.31. The molecule has 128 valence electrons. The van der Waals surface area contributed by atoms with E-state index in [1.54, 1.807) is 12.1 Å². The highest BCUT2D eigenvalue weighted by molar-refractivity contribution is 7.11. The number of nitro groups is 1. The van der Waals surface area contributed by atoms with Crippen molar-refractivity contribution in [2.75, 3.05) is 0 Å². The molecule has 7 nitrogen and oxygen atoms in total. The highest BCUT2D eigenvalue weighted by Crippen LogP contribution is 2.35. The Morgan fingerprint density at radius 3 is 2.50 bits per heavy atom. The summed E-state index contributed by atoms with van der Waals surface area (Å²) in [4.78, 5) is 37.1. The van der Waals surface area contributed by atoms with Crippen molar-refractivity contribution in [1.29, 1.82) is 0 Å². The van der Waals surface area contributed by atoms with Crippen LogP contribution in [0, 0.1) is 17.0 Å². The van der Waals surface area contributed by atoms with Crippen LogP contribution in [-0.2, 0) is 0 Å². The summed E-state index contributed by atoms with van der Waals surface area (Å²) in [6.07, 6.45) is 1.48. The van der Waals surface area contributed by atoms with E-state index in [-0.39, 0.29) is 22.2 Å². The number of non-ortho nitro benzene ring substituents is 1. The zero-order valence-electron chi connectivity index (χ0n) is 13.5. The second kappa shape index (κ2) is 5.85. The molecule has 4 rings (SSSR count). The Morgan fingerprint density at radius 1 is 1.12 bits per heavy atom. The van der Waals surface area contributed by atoms with Gasteiger partial charge in [0.2, 0.25) is 0 Å². The van der Waals surface area contributed by atoms with E-state index in [0.717, 1.165) is 15.4 Å². The number of hydrogen-bond acceptors (Lipinski definition) is 6. The van der Waals surface area contributed by atoms with Gasteiger partial charge in [-0.15, -0.1) is 11.3 Å². The fraction of sp³-hybridized carbons (Fsp3) is 0.0556. The molecule has 2 amide bonds. The Balaban J connectivity index is 1.87. The van der Waals surface area contributed by atoms with Crippen LogP contribution >= 0.6 is 11.3 Å². The van der Waals surface area contributed by atoms with Crippen molar-refractivity contribution < 1.29 is 14.5 Å². The monoisotopic (exact) mass is 365 g/mol. The number of amides is 2. The van der Waals surface area contributed by atoms with Crippen LogP contribution in [0.5, 0.6) is 0 Å². The van der Waals surface area contributed by atoms with Gasteiger partial charge in [-0.2, -0.15) is 10.1 Å². The molecular formula is C18H11N3O4S. The number of thiophene rings is 1. The Hall–Kier alpha value is -3.39.